The first kappa shape index (κ1) is 18.5. The molecule has 0 unspecified atom stereocenters. The maximum atomic E-state index is 13.5. The minimum Gasteiger partial charge on any atom is -0.493 e. The van der Waals surface area contributed by atoms with Crippen molar-refractivity contribution in [2.45, 2.75) is 6.92 Å². The number of ether oxygens (including phenoxy) is 2. The summed E-state index contributed by atoms with van der Waals surface area (Å²) in [7, 11) is 1.51. The molecule has 148 valence electrons. The Labute approximate surface area is 163 Å². The fourth-order valence-corrected chi connectivity index (χ4v) is 3.08. The number of methoxy groups -OCH3 is 1. The Morgan fingerprint density at radius 1 is 1.10 bits per heavy atom. The van der Waals surface area contributed by atoms with E-state index in [-0.39, 0.29) is 11.0 Å². The van der Waals surface area contributed by atoms with Crippen LogP contribution in [0.1, 0.15) is 12.5 Å². The number of aromatic amines is 2. The Bertz CT molecular complexity index is 1370. The van der Waals surface area contributed by atoms with Gasteiger partial charge >= 0.3 is 11.2 Å². The van der Waals surface area contributed by atoms with Crippen LogP contribution in [-0.4, -0.2) is 34.6 Å². The standard InChI is InChI=1S/C20H17FN4O4/c1-3-29-15-7-4-11(8-16(15)28-2)10-22-25-19(26)18-17(24-20(25)27)13-9-12(21)5-6-14(13)23-18/h4-10,23H,3H2,1-2H3,(H,24,27). The molecule has 0 aliphatic rings. The molecule has 0 aliphatic heterocycles. The lowest BCUT2D eigenvalue weighted by atomic mass is 10.2. The number of hydrogen-bond acceptors (Lipinski definition) is 5. The van der Waals surface area contributed by atoms with Crippen molar-refractivity contribution >= 4 is 28.2 Å². The van der Waals surface area contributed by atoms with E-state index >= 15 is 0 Å². The van der Waals surface area contributed by atoms with Crippen LogP contribution < -0.4 is 20.7 Å². The van der Waals surface area contributed by atoms with Crippen molar-refractivity contribution in [2.24, 2.45) is 5.10 Å². The highest BCUT2D eigenvalue weighted by molar-refractivity contribution is 6.04. The van der Waals surface area contributed by atoms with Gasteiger partial charge in [0, 0.05) is 10.9 Å². The molecule has 4 rings (SSSR count). The van der Waals surface area contributed by atoms with Crippen molar-refractivity contribution in [2.75, 3.05) is 13.7 Å². The topological polar surface area (TPSA) is 101 Å². The van der Waals surface area contributed by atoms with Gasteiger partial charge in [0.15, 0.2) is 11.5 Å². The second kappa shape index (κ2) is 7.27. The average Bonchev–Trinajstić information content (AvgIpc) is 3.07. The van der Waals surface area contributed by atoms with Crippen LogP contribution in [0.25, 0.3) is 21.9 Å². The van der Waals surface area contributed by atoms with Crippen molar-refractivity contribution < 1.29 is 13.9 Å². The lowest BCUT2D eigenvalue weighted by Crippen LogP contribution is -2.32. The third-order valence-electron chi connectivity index (χ3n) is 4.40. The van der Waals surface area contributed by atoms with Gasteiger partial charge in [-0.2, -0.15) is 5.10 Å². The van der Waals surface area contributed by atoms with Gasteiger partial charge in [-0.1, -0.05) is 0 Å². The molecule has 0 saturated carbocycles. The highest BCUT2D eigenvalue weighted by atomic mass is 19.1. The molecule has 8 nitrogen and oxygen atoms in total. The number of benzene rings is 2. The average molecular weight is 396 g/mol. The minimum atomic E-state index is -0.734. The first-order valence-corrected chi connectivity index (χ1v) is 8.83. The van der Waals surface area contributed by atoms with Crippen molar-refractivity contribution in [1.29, 1.82) is 0 Å². The Kier molecular flexibility index (Phi) is 4.63. The zero-order valence-electron chi connectivity index (χ0n) is 15.7. The van der Waals surface area contributed by atoms with E-state index in [1.54, 1.807) is 18.2 Å². The summed E-state index contributed by atoms with van der Waals surface area (Å²) in [6, 6.07) is 9.14. The minimum absolute atomic E-state index is 0.131. The predicted molar refractivity (Wildman–Crippen MR) is 108 cm³/mol. The zero-order chi connectivity index (χ0) is 20.5. The van der Waals surface area contributed by atoms with Crippen LogP contribution >= 0.6 is 0 Å². The molecule has 0 atom stereocenters. The number of fused-ring (bicyclic) bond motifs is 3. The summed E-state index contributed by atoms with van der Waals surface area (Å²) >= 11 is 0. The molecule has 0 bridgehead atoms. The van der Waals surface area contributed by atoms with Crippen molar-refractivity contribution in [3.63, 3.8) is 0 Å². The van der Waals surface area contributed by atoms with Crippen molar-refractivity contribution in [3.05, 3.63) is 68.6 Å². The molecule has 0 fully saturated rings. The number of hydrogen-bond donors (Lipinski definition) is 2. The second-order valence-corrected chi connectivity index (χ2v) is 6.20. The van der Waals surface area contributed by atoms with Gasteiger partial charge in [0.1, 0.15) is 11.3 Å². The van der Waals surface area contributed by atoms with Gasteiger partial charge in [-0.25, -0.2) is 9.18 Å². The first-order valence-electron chi connectivity index (χ1n) is 8.83. The Morgan fingerprint density at radius 2 is 1.93 bits per heavy atom. The Balaban J connectivity index is 1.79. The third kappa shape index (κ3) is 3.27. The van der Waals surface area contributed by atoms with E-state index < -0.39 is 17.1 Å². The quantitative estimate of drug-likeness (QED) is 0.506. The lowest BCUT2D eigenvalue weighted by molar-refractivity contribution is 0.311. The molecule has 9 heteroatoms. The molecular weight excluding hydrogens is 379 g/mol. The summed E-state index contributed by atoms with van der Waals surface area (Å²) in [4.78, 5) is 30.6. The third-order valence-corrected chi connectivity index (χ3v) is 4.40. The highest BCUT2D eigenvalue weighted by Gasteiger charge is 2.13. The van der Waals surface area contributed by atoms with Gasteiger partial charge < -0.3 is 19.4 Å². The molecule has 0 amide bonds. The monoisotopic (exact) mass is 396 g/mol. The van der Waals surface area contributed by atoms with Crippen molar-refractivity contribution in [1.82, 2.24) is 14.6 Å². The zero-order valence-corrected chi connectivity index (χ0v) is 15.7. The molecule has 2 aromatic heterocycles. The summed E-state index contributed by atoms with van der Waals surface area (Å²) in [5, 5.41) is 4.43. The second-order valence-electron chi connectivity index (χ2n) is 6.20. The molecule has 29 heavy (non-hydrogen) atoms. The predicted octanol–water partition coefficient (Wildman–Crippen LogP) is 2.60. The number of nitrogens with zero attached hydrogens (tertiary/aromatic N) is 2. The van der Waals surface area contributed by atoms with E-state index in [1.807, 2.05) is 6.92 Å². The number of rotatable bonds is 5. The number of nitrogens with one attached hydrogen (secondary N) is 2. The number of aromatic nitrogens is 3. The van der Waals surface area contributed by atoms with Crippen LogP contribution in [0, 0.1) is 5.82 Å². The molecule has 0 radical (unpaired) electrons. The van der Waals surface area contributed by atoms with Crippen LogP contribution in [-0.2, 0) is 0 Å². The maximum Gasteiger partial charge on any atom is 0.350 e. The van der Waals surface area contributed by atoms with Gasteiger partial charge in [0.25, 0.3) is 0 Å². The molecule has 2 heterocycles. The summed E-state index contributed by atoms with van der Waals surface area (Å²) in [6.07, 6.45) is 1.36. The van der Waals surface area contributed by atoms with E-state index in [9.17, 15) is 14.0 Å². The molecular formula is C20H17FN4O4. The maximum absolute atomic E-state index is 13.5. The first-order chi connectivity index (χ1) is 14.0. The normalized spacial score (nSPS) is 11.6. The van der Waals surface area contributed by atoms with Crippen LogP contribution in [0.5, 0.6) is 11.5 Å². The van der Waals surface area contributed by atoms with Gasteiger partial charge in [-0.15, -0.1) is 4.68 Å². The summed E-state index contributed by atoms with van der Waals surface area (Å²) in [5.74, 6) is 0.616. The van der Waals surface area contributed by atoms with Gasteiger partial charge in [0.2, 0.25) is 0 Å². The highest BCUT2D eigenvalue weighted by Crippen LogP contribution is 2.27. The van der Waals surface area contributed by atoms with E-state index in [4.69, 9.17) is 9.47 Å². The smallest absolute Gasteiger partial charge is 0.350 e. The fourth-order valence-electron chi connectivity index (χ4n) is 3.08. The largest absolute Gasteiger partial charge is 0.493 e. The molecule has 4 aromatic rings. The summed E-state index contributed by atoms with van der Waals surface area (Å²) in [6.45, 7) is 2.35. The van der Waals surface area contributed by atoms with Crippen LogP contribution in [0.4, 0.5) is 4.39 Å². The Morgan fingerprint density at radius 3 is 2.69 bits per heavy atom. The molecule has 0 spiro atoms. The summed E-state index contributed by atoms with van der Waals surface area (Å²) < 4.78 is 25.0. The Hall–Kier alpha value is -3.88. The van der Waals surface area contributed by atoms with Crippen LogP contribution in [0.15, 0.2) is 51.1 Å². The van der Waals surface area contributed by atoms with E-state index in [1.165, 1.54) is 31.5 Å². The van der Waals surface area contributed by atoms with Gasteiger partial charge in [-0.3, -0.25) is 4.79 Å². The lowest BCUT2D eigenvalue weighted by Gasteiger charge is -2.09. The van der Waals surface area contributed by atoms with Crippen LogP contribution in [0.2, 0.25) is 0 Å². The van der Waals surface area contributed by atoms with Gasteiger partial charge in [0.05, 0.1) is 25.4 Å². The fraction of sp³-hybridized carbons (Fsp3) is 0.150. The summed E-state index contributed by atoms with van der Waals surface area (Å²) in [5.41, 5.74) is 0.133. The molecule has 2 aromatic carbocycles. The number of halogens is 1. The van der Waals surface area contributed by atoms with Gasteiger partial charge in [-0.05, 0) is 48.9 Å². The van der Waals surface area contributed by atoms with E-state index in [0.29, 0.717) is 39.2 Å². The van der Waals surface area contributed by atoms with Crippen molar-refractivity contribution in [3.8, 4) is 11.5 Å². The molecule has 0 saturated heterocycles. The van der Waals surface area contributed by atoms with E-state index in [0.717, 1.165) is 0 Å². The molecule has 0 aliphatic carbocycles. The van der Waals surface area contributed by atoms with E-state index in [2.05, 4.69) is 15.1 Å². The SMILES string of the molecule is CCOc1ccc(C=Nn2c(=O)[nH]c3c([nH]c4ccc(F)cc43)c2=O)cc1OC. The van der Waals surface area contributed by atoms with Crippen LogP contribution in [0.3, 0.4) is 0 Å². The number of H-pyrrole nitrogens is 2. The molecule has 2 N–H and O–H groups in total.